The van der Waals surface area contributed by atoms with Gasteiger partial charge in [-0.05, 0) is 29.6 Å². The molecule has 3 atom stereocenters. The first-order chi connectivity index (χ1) is 5.16. The molecule has 0 aliphatic heterocycles. The monoisotopic (exact) mass is 148 g/mol. The minimum absolute atomic E-state index is 0.513. The minimum Gasteiger partial charge on any atom is -0.103 e. The molecule has 0 aromatic carbocycles. The van der Waals surface area contributed by atoms with E-state index in [2.05, 4.69) is 38.7 Å². The van der Waals surface area contributed by atoms with Gasteiger partial charge in [0.1, 0.15) is 0 Å². The standard InChI is InChI=1S/C11H16/c1-4-8-7-9-5-6-10(8)11(9,2)3/h4-6,8-10H,1,7H2,2-3H3. The second kappa shape index (κ2) is 2.00. The Labute approximate surface area is 69.0 Å². The molecule has 0 amide bonds. The number of rotatable bonds is 1. The van der Waals surface area contributed by atoms with Crippen molar-refractivity contribution in [3.05, 3.63) is 24.8 Å². The van der Waals surface area contributed by atoms with Gasteiger partial charge in [-0.2, -0.15) is 0 Å². The highest BCUT2D eigenvalue weighted by atomic mass is 14.5. The Morgan fingerprint density at radius 1 is 1.45 bits per heavy atom. The zero-order chi connectivity index (χ0) is 8.06. The van der Waals surface area contributed by atoms with Crippen LogP contribution >= 0.6 is 0 Å². The molecular formula is C11H16. The Hall–Kier alpha value is -0.520. The first-order valence-electron chi connectivity index (χ1n) is 4.47. The topological polar surface area (TPSA) is 0 Å². The number of hydrogen-bond donors (Lipinski definition) is 0. The molecule has 0 aromatic heterocycles. The van der Waals surface area contributed by atoms with E-state index in [4.69, 9.17) is 0 Å². The lowest BCUT2D eigenvalue weighted by Gasteiger charge is -2.25. The molecule has 0 N–H and O–H groups in total. The second-order valence-electron chi connectivity index (χ2n) is 4.47. The molecule has 2 aliphatic carbocycles. The number of allylic oxidation sites excluding steroid dienone is 3. The van der Waals surface area contributed by atoms with E-state index in [1.165, 1.54) is 6.42 Å². The van der Waals surface area contributed by atoms with Crippen LogP contribution in [0.3, 0.4) is 0 Å². The average molecular weight is 148 g/mol. The highest BCUT2D eigenvalue weighted by molar-refractivity contribution is 5.20. The maximum atomic E-state index is 3.89. The first-order valence-corrected chi connectivity index (χ1v) is 4.47. The molecule has 0 nitrogen and oxygen atoms in total. The normalized spacial score (nSPS) is 44.7. The molecule has 0 aromatic rings. The third kappa shape index (κ3) is 0.756. The summed E-state index contributed by atoms with van der Waals surface area (Å²) in [5, 5.41) is 0. The van der Waals surface area contributed by atoms with Gasteiger partial charge >= 0.3 is 0 Å². The van der Waals surface area contributed by atoms with Crippen molar-refractivity contribution in [1.82, 2.24) is 0 Å². The lowest BCUT2D eigenvalue weighted by atomic mass is 9.79. The third-order valence-corrected chi connectivity index (χ3v) is 3.66. The van der Waals surface area contributed by atoms with Crippen LogP contribution in [0.4, 0.5) is 0 Å². The van der Waals surface area contributed by atoms with Crippen LogP contribution < -0.4 is 0 Å². The van der Waals surface area contributed by atoms with Gasteiger partial charge in [0.25, 0.3) is 0 Å². The molecule has 2 rings (SSSR count). The van der Waals surface area contributed by atoms with Crippen LogP contribution in [0.5, 0.6) is 0 Å². The van der Waals surface area contributed by atoms with Gasteiger partial charge in [-0.1, -0.05) is 32.1 Å². The van der Waals surface area contributed by atoms with Crippen LogP contribution in [0.2, 0.25) is 0 Å². The van der Waals surface area contributed by atoms with E-state index >= 15 is 0 Å². The molecule has 2 bridgehead atoms. The average Bonchev–Trinajstić information content (AvgIpc) is 2.40. The van der Waals surface area contributed by atoms with E-state index in [0.717, 1.165) is 17.8 Å². The van der Waals surface area contributed by atoms with Crippen LogP contribution in [-0.4, -0.2) is 0 Å². The maximum absolute atomic E-state index is 3.89. The molecular weight excluding hydrogens is 132 g/mol. The van der Waals surface area contributed by atoms with Gasteiger partial charge in [-0.25, -0.2) is 0 Å². The van der Waals surface area contributed by atoms with Crippen molar-refractivity contribution in [2.24, 2.45) is 23.2 Å². The van der Waals surface area contributed by atoms with E-state index in [0.29, 0.717) is 5.41 Å². The van der Waals surface area contributed by atoms with Crippen molar-refractivity contribution in [1.29, 1.82) is 0 Å². The zero-order valence-corrected chi connectivity index (χ0v) is 7.38. The molecule has 3 unspecified atom stereocenters. The van der Waals surface area contributed by atoms with Crippen molar-refractivity contribution < 1.29 is 0 Å². The van der Waals surface area contributed by atoms with Crippen LogP contribution in [0, 0.1) is 23.2 Å². The largest absolute Gasteiger partial charge is 0.103 e. The van der Waals surface area contributed by atoms with Crippen molar-refractivity contribution in [2.45, 2.75) is 20.3 Å². The highest BCUT2D eigenvalue weighted by Gasteiger charge is 2.48. The molecule has 0 spiro atoms. The van der Waals surface area contributed by atoms with E-state index in [1.54, 1.807) is 0 Å². The Morgan fingerprint density at radius 2 is 2.18 bits per heavy atom. The number of hydrogen-bond acceptors (Lipinski definition) is 0. The highest BCUT2D eigenvalue weighted by Crippen LogP contribution is 2.56. The predicted molar refractivity (Wildman–Crippen MR) is 48.2 cm³/mol. The summed E-state index contributed by atoms with van der Waals surface area (Å²) in [7, 11) is 0. The van der Waals surface area contributed by atoms with Crippen LogP contribution in [0.15, 0.2) is 24.8 Å². The van der Waals surface area contributed by atoms with Gasteiger partial charge in [-0.3, -0.25) is 0 Å². The van der Waals surface area contributed by atoms with Crippen molar-refractivity contribution in [3.8, 4) is 0 Å². The summed E-state index contributed by atoms with van der Waals surface area (Å²) in [6, 6.07) is 0. The predicted octanol–water partition coefficient (Wildman–Crippen LogP) is 3.02. The maximum Gasteiger partial charge on any atom is -0.0113 e. The molecule has 0 heterocycles. The van der Waals surface area contributed by atoms with Gasteiger partial charge in [0.05, 0.1) is 0 Å². The fourth-order valence-corrected chi connectivity index (χ4v) is 2.76. The van der Waals surface area contributed by atoms with Crippen LogP contribution in [-0.2, 0) is 0 Å². The van der Waals surface area contributed by atoms with Gasteiger partial charge in [-0.15, -0.1) is 6.58 Å². The fourth-order valence-electron chi connectivity index (χ4n) is 2.76. The summed E-state index contributed by atoms with van der Waals surface area (Å²) >= 11 is 0. The van der Waals surface area contributed by atoms with E-state index < -0.39 is 0 Å². The summed E-state index contributed by atoms with van der Waals surface area (Å²) in [6.45, 7) is 8.65. The number of fused-ring (bicyclic) bond motifs is 2. The third-order valence-electron chi connectivity index (χ3n) is 3.66. The van der Waals surface area contributed by atoms with Crippen molar-refractivity contribution >= 4 is 0 Å². The van der Waals surface area contributed by atoms with Crippen molar-refractivity contribution in [2.75, 3.05) is 0 Å². The zero-order valence-electron chi connectivity index (χ0n) is 7.38. The lowest BCUT2D eigenvalue weighted by Crippen LogP contribution is -2.19. The summed E-state index contributed by atoms with van der Waals surface area (Å²) < 4.78 is 0. The Kier molecular flexibility index (Phi) is 1.30. The molecule has 2 aliphatic rings. The van der Waals surface area contributed by atoms with Crippen molar-refractivity contribution in [3.63, 3.8) is 0 Å². The first kappa shape index (κ1) is 7.15. The molecule has 60 valence electrons. The Balaban J connectivity index is 2.31. The van der Waals surface area contributed by atoms with E-state index in [9.17, 15) is 0 Å². The summed E-state index contributed by atoms with van der Waals surface area (Å²) in [5.74, 6) is 2.33. The van der Waals surface area contributed by atoms with E-state index in [1.807, 2.05) is 0 Å². The van der Waals surface area contributed by atoms with Crippen LogP contribution in [0.25, 0.3) is 0 Å². The van der Waals surface area contributed by atoms with Gasteiger partial charge in [0.2, 0.25) is 0 Å². The molecule has 0 radical (unpaired) electrons. The minimum atomic E-state index is 0.513. The molecule has 0 saturated heterocycles. The van der Waals surface area contributed by atoms with Gasteiger partial charge < -0.3 is 0 Å². The van der Waals surface area contributed by atoms with Gasteiger partial charge in [0, 0.05) is 0 Å². The molecule has 1 fully saturated rings. The van der Waals surface area contributed by atoms with E-state index in [-0.39, 0.29) is 0 Å². The summed E-state index contributed by atoms with van der Waals surface area (Å²) in [6.07, 6.45) is 8.25. The lowest BCUT2D eigenvalue weighted by molar-refractivity contribution is 0.269. The fraction of sp³-hybridized carbons (Fsp3) is 0.636. The summed E-state index contributed by atoms with van der Waals surface area (Å²) in [4.78, 5) is 0. The quantitative estimate of drug-likeness (QED) is 0.501. The summed E-state index contributed by atoms with van der Waals surface area (Å²) in [5.41, 5.74) is 0.513. The molecule has 0 heteroatoms. The Bertz CT molecular complexity index is 210. The SMILES string of the molecule is C=CC1CC2C=CC1C2(C)C. The Morgan fingerprint density at radius 3 is 2.45 bits per heavy atom. The van der Waals surface area contributed by atoms with Crippen LogP contribution in [0.1, 0.15) is 20.3 Å². The second-order valence-corrected chi connectivity index (χ2v) is 4.47. The molecule has 1 saturated carbocycles. The molecule has 11 heavy (non-hydrogen) atoms. The van der Waals surface area contributed by atoms with Gasteiger partial charge in [0.15, 0.2) is 0 Å². The smallest absolute Gasteiger partial charge is 0.0113 e.